The summed E-state index contributed by atoms with van der Waals surface area (Å²) in [7, 11) is -5.71. The van der Waals surface area contributed by atoms with Crippen LogP contribution in [0.3, 0.4) is 0 Å². The Kier molecular flexibility index (Phi) is 10.0. The van der Waals surface area contributed by atoms with E-state index in [9.17, 15) is 8.42 Å². The number of hydrogen-bond donors (Lipinski definition) is 2. The second-order valence-electron chi connectivity index (χ2n) is 8.85. The van der Waals surface area contributed by atoms with Crippen molar-refractivity contribution >= 4 is 59.0 Å². The number of nitrogens with zero attached hydrogens (tertiary/aromatic N) is 1. The molecule has 0 aliphatic carbocycles. The molecule has 0 aliphatic heterocycles. The van der Waals surface area contributed by atoms with Gasteiger partial charge in [0.25, 0.3) is 0 Å². The highest BCUT2D eigenvalue weighted by Gasteiger charge is 2.18. The molecule has 4 aromatic rings. The number of sulfonamides is 1. The number of unbranched alkanes of at least 4 members (excludes halogenated alkanes) is 3. The molecule has 0 unspecified atom stereocenters. The second-order valence-corrected chi connectivity index (χ2v) is 12.1. The number of quaternary nitrogens is 1. The summed E-state index contributed by atoms with van der Waals surface area (Å²) in [4.78, 5) is 4.79. The lowest BCUT2D eigenvalue weighted by Gasteiger charge is -2.13. The van der Waals surface area contributed by atoms with E-state index in [0.29, 0.717) is 24.1 Å². The number of anilines is 1. The molecule has 0 saturated heterocycles. The highest BCUT2D eigenvalue weighted by atomic mass is 32.2. The molecule has 0 atom stereocenters. The molecule has 0 fully saturated rings. The minimum Gasteiger partial charge on any atom is -0.748 e. The zero-order valence-corrected chi connectivity index (χ0v) is 23.3. The topological polar surface area (TPSA) is 142 Å². The second kappa shape index (κ2) is 13.0. The zero-order valence-electron chi connectivity index (χ0n) is 21.7. The van der Waals surface area contributed by atoms with E-state index in [2.05, 4.69) is 29.1 Å². The van der Waals surface area contributed by atoms with Crippen LogP contribution >= 0.6 is 0 Å². The molecule has 0 bridgehead atoms. The number of benzene rings is 3. The van der Waals surface area contributed by atoms with Crippen LogP contribution in [0, 0.1) is 0 Å². The molecule has 1 aromatic heterocycles. The van der Waals surface area contributed by atoms with Gasteiger partial charge in [-0.05, 0) is 36.8 Å². The predicted octanol–water partition coefficient (Wildman–Crippen LogP) is 4.41. The van der Waals surface area contributed by atoms with E-state index in [1.165, 1.54) is 0 Å². The van der Waals surface area contributed by atoms with Gasteiger partial charge in [-0.3, -0.25) is 10.0 Å². The molecule has 3 aromatic carbocycles. The molecule has 0 radical (unpaired) electrons. The molecule has 0 saturated carbocycles. The Balaban J connectivity index is 0.000000732. The standard InChI is InChI=1S/C26H29N3O3S.CH4O3S/c1-3-4-5-10-17-33(30,31)29-19-15-16-24(25(18-19)32-2)28-26-20-11-6-8-13-22(20)27-23-14-9-7-12-21(23)26;1-5(2,3)4/h6-9,11-16,18,29H,3-5,10,17H2,1-2H3,(H,27,28);1H3,(H,2,3,4). The number of nitrogens with two attached hydrogens (primary N) is 1. The predicted molar refractivity (Wildman–Crippen MR) is 151 cm³/mol. The van der Waals surface area contributed by atoms with Crippen LogP contribution in [-0.4, -0.2) is 45.5 Å². The van der Waals surface area contributed by atoms with Gasteiger partial charge in [-0.25, -0.2) is 21.8 Å². The lowest BCUT2D eigenvalue weighted by Crippen LogP contribution is -2.71. The first-order chi connectivity index (χ1) is 18.0. The van der Waals surface area contributed by atoms with E-state index in [-0.39, 0.29) is 5.75 Å². The summed E-state index contributed by atoms with van der Waals surface area (Å²) in [6, 6.07) is 21.5. The minimum atomic E-state index is -3.92. The van der Waals surface area contributed by atoms with Crippen LogP contribution in [0.1, 0.15) is 32.6 Å². The number of pyridine rings is 1. The number of para-hydroxylation sites is 2. The molecule has 204 valence electrons. The monoisotopic (exact) mass is 559 g/mol. The number of fused-ring (bicyclic) bond motifs is 2. The highest BCUT2D eigenvalue weighted by Crippen LogP contribution is 2.31. The molecule has 38 heavy (non-hydrogen) atoms. The van der Waals surface area contributed by atoms with Crippen LogP contribution in [0.2, 0.25) is 0 Å². The first kappa shape index (κ1) is 29.3. The SMILES string of the molecule is CCCCCCS(=O)(=O)Nc1ccc([NH2+]c2c3ccccc3nc3ccccc23)c(OC)c1.CS(=O)(=O)[O-]. The highest BCUT2D eigenvalue weighted by molar-refractivity contribution is 7.92. The van der Waals surface area contributed by atoms with Crippen molar-refractivity contribution < 1.29 is 31.4 Å². The Morgan fingerprint density at radius 2 is 1.47 bits per heavy atom. The van der Waals surface area contributed by atoms with Crippen LogP contribution in [0.15, 0.2) is 66.7 Å². The van der Waals surface area contributed by atoms with Gasteiger partial charge in [0.2, 0.25) is 10.0 Å². The van der Waals surface area contributed by atoms with E-state index in [1.54, 1.807) is 19.2 Å². The van der Waals surface area contributed by atoms with Crippen LogP contribution < -0.4 is 14.8 Å². The Bertz CT molecular complexity index is 1540. The number of ether oxygens (including phenoxy) is 1. The molecule has 11 heteroatoms. The number of nitrogens with one attached hydrogen (secondary N) is 1. The summed E-state index contributed by atoms with van der Waals surface area (Å²) < 4.78 is 60.5. The van der Waals surface area contributed by atoms with Crippen molar-refractivity contribution in [1.82, 2.24) is 4.98 Å². The van der Waals surface area contributed by atoms with Gasteiger partial charge in [-0.2, -0.15) is 0 Å². The van der Waals surface area contributed by atoms with E-state index in [0.717, 1.165) is 52.4 Å². The fourth-order valence-electron chi connectivity index (χ4n) is 4.03. The lowest BCUT2D eigenvalue weighted by atomic mass is 10.1. The quantitative estimate of drug-likeness (QED) is 0.127. The summed E-state index contributed by atoms with van der Waals surface area (Å²) in [6.07, 6.45) is 4.31. The molecule has 4 rings (SSSR count). The van der Waals surface area contributed by atoms with Gasteiger partial charge >= 0.3 is 0 Å². The van der Waals surface area contributed by atoms with Crippen LogP contribution in [0.5, 0.6) is 5.75 Å². The molecule has 9 nitrogen and oxygen atoms in total. The molecule has 0 amide bonds. The first-order valence-corrected chi connectivity index (χ1v) is 15.7. The summed E-state index contributed by atoms with van der Waals surface area (Å²) in [5.41, 5.74) is 4.27. The maximum Gasteiger partial charge on any atom is 0.232 e. The third kappa shape index (κ3) is 8.66. The Labute approximate surface area is 224 Å². The fraction of sp³-hybridized carbons (Fsp3) is 0.296. The maximum atomic E-state index is 12.5. The van der Waals surface area contributed by atoms with Gasteiger partial charge < -0.3 is 9.29 Å². The summed E-state index contributed by atoms with van der Waals surface area (Å²) in [6.45, 7) is 2.11. The number of rotatable bonds is 10. The Hall–Kier alpha value is -3.25. The molecule has 3 N–H and O–H groups in total. The lowest BCUT2D eigenvalue weighted by molar-refractivity contribution is -0.475. The molecule has 0 spiro atoms. The number of hydrogen-bond acceptors (Lipinski definition) is 7. The van der Waals surface area contributed by atoms with Gasteiger partial charge in [0.1, 0.15) is 0 Å². The van der Waals surface area contributed by atoms with Crippen molar-refractivity contribution in [2.45, 2.75) is 32.6 Å². The van der Waals surface area contributed by atoms with Crippen LogP contribution in [-0.2, 0) is 20.1 Å². The third-order valence-corrected chi connectivity index (χ3v) is 7.08. The van der Waals surface area contributed by atoms with E-state index >= 15 is 0 Å². The number of methoxy groups -OCH3 is 1. The Morgan fingerprint density at radius 1 is 0.895 bits per heavy atom. The van der Waals surface area contributed by atoms with E-state index < -0.39 is 20.1 Å². The molecular formula is C27H33N3O6S2. The maximum absolute atomic E-state index is 12.5. The van der Waals surface area contributed by atoms with Gasteiger partial charge in [-0.1, -0.05) is 50.5 Å². The van der Waals surface area contributed by atoms with Crippen molar-refractivity contribution in [3.05, 3.63) is 66.7 Å². The van der Waals surface area contributed by atoms with Crippen molar-refractivity contribution in [3.8, 4) is 5.75 Å². The average Bonchev–Trinajstić information content (AvgIpc) is 2.86. The van der Waals surface area contributed by atoms with Gasteiger partial charge in [0, 0.05) is 18.4 Å². The van der Waals surface area contributed by atoms with E-state index in [1.807, 2.05) is 42.5 Å². The molecule has 0 aliphatic rings. The smallest absolute Gasteiger partial charge is 0.232 e. The summed E-state index contributed by atoms with van der Waals surface area (Å²) in [5.74, 6) is 0.726. The summed E-state index contributed by atoms with van der Waals surface area (Å²) >= 11 is 0. The fourth-order valence-corrected chi connectivity index (χ4v) is 5.20. The summed E-state index contributed by atoms with van der Waals surface area (Å²) in [5, 5.41) is 4.18. The normalized spacial score (nSPS) is 11.7. The number of aromatic nitrogens is 1. The van der Waals surface area contributed by atoms with Gasteiger partial charge in [-0.15, -0.1) is 0 Å². The average molecular weight is 560 g/mol. The van der Waals surface area contributed by atoms with Crippen molar-refractivity contribution in [3.63, 3.8) is 0 Å². The largest absolute Gasteiger partial charge is 0.748 e. The minimum absolute atomic E-state index is 0.123. The van der Waals surface area contributed by atoms with Gasteiger partial charge in [0.15, 0.2) is 17.1 Å². The first-order valence-electron chi connectivity index (χ1n) is 12.2. The van der Waals surface area contributed by atoms with E-state index in [4.69, 9.17) is 22.7 Å². The zero-order chi connectivity index (χ0) is 27.8. The van der Waals surface area contributed by atoms with Crippen molar-refractivity contribution in [2.75, 3.05) is 23.8 Å². The Morgan fingerprint density at radius 3 is 2.03 bits per heavy atom. The van der Waals surface area contributed by atoms with Crippen molar-refractivity contribution in [1.29, 1.82) is 0 Å². The van der Waals surface area contributed by atoms with Crippen molar-refractivity contribution in [2.24, 2.45) is 0 Å². The van der Waals surface area contributed by atoms with Gasteiger partial charge in [0.05, 0.1) is 50.5 Å². The van der Waals surface area contributed by atoms with Crippen LogP contribution in [0.25, 0.3) is 21.8 Å². The molecular weight excluding hydrogens is 526 g/mol. The van der Waals surface area contributed by atoms with Crippen LogP contribution in [0.4, 0.5) is 17.1 Å². The third-order valence-electron chi connectivity index (χ3n) is 5.70. The molecule has 1 heterocycles.